The number of nitrogens with zero attached hydrogens (tertiary/aromatic N) is 5. The Morgan fingerprint density at radius 2 is 1.88 bits per heavy atom. The van der Waals surface area contributed by atoms with Crippen molar-refractivity contribution in [1.29, 1.82) is 5.26 Å². The zero-order chi connectivity index (χ0) is 22.3. The summed E-state index contributed by atoms with van der Waals surface area (Å²) in [7, 11) is 0. The molecular weight excluding hydrogens is 400 g/mol. The van der Waals surface area contributed by atoms with E-state index in [9.17, 15) is 10.1 Å². The first-order valence-electron chi connectivity index (χ1n) is 11.5. The van der Waals surface area contributed by atoms with Gasteiger partial charge >= 0.3 is 0 Å². The third-order valence-electron chi connectivity index (χ3n) is 6.31. The maximum Gasteiger partial charge on any atom is 0.263 e. The van der Waals surface area contributed by atoms with Gasteiger partial charge < -0.3 is 15.1 Å². The minimum atomic E-state index is -0.314. The van der Waals surface area contributed by atoms with Gasteiger partial charge in [0.25, 0.3) is 5.91 Å². The van der Waals surface area contributed by atoms with Gasteiger partial charge in [0, 0.05) is 44.8 Å². The first-order valence-corrected chi connectivity index (χ1v) is 11.5. The fraction of sp³-hybridized carbons (Fsp3) is 0.440. The number of fused-ring (bicyclic) bond motifs is 1. The number of nitrogens with one attached hydrogen (secondary N) is 1. The van der Waals surface area contributed by atoms with Crippen molar-refractivity contribution < 1.29 is 4.79 Å². The molecule has 32 heavy (non-hydrogen) atoms. The molecule has 1 saturated heterocycles. The highest BCUT2D eigenvalue weighted by Crippen LogP contribution is 2.26. The summed E-state index contributed by atoms with van der Waals surface area (Å²) in [6.45, 7) is 4.96. The van der Waals surface area contributed by atoms with Crippen LogP contribution in [-0.2, 0) is 17.6 Å². The van der Waals surface area contributed by atoms with Gasteiger partial charge in [0.2, 0.25) is 5.95 Å². The van der Waals surface area contributed by atoms with Gasteiger partial charge in [0.1, 0.15) is 11.6 Å². The predicted octanol–water partition coefficient (Wildman–Crippen LogP) is 3.15. The van der Waals surface area contributed by atoms with Crippen LogP contribution in [0.15, 0.2) is 48.4 Å². The van der Waals surface area contributed by atoms with Crippen molar-refractivity contribution in [3.63, 3.8) is 0 Å². The van der Waals surface area contributed by atoms with E-state index >= 15 is 0 Å². The van der Waals surface area contributed by atoms with E-state index in [4.69, 9.17) is 0 Å². The first kappa shape index (κ1) is 21.8. The molecule has 0 radical (unpaired) electrons. The molecule has 1 aliphatic carbocycles. The SMILES string of the molecule is CCC(NC(=O)/C(C#N)=C\N1CCN(c2ncccn2)CC1)c1ccc2c(c1)CCCC2. The molecule has 7 heteroatoms. The van der Waals surface area contributed by atoms with Crippen molar-refractivity contribution in [2.75, 3.05) is 31.1 Å². The Labute approximate surface area is 189 Å². The number of hydrogen-bond donors (Lipinski definition) is 1. The van der Waals surface area contributed by atoms with Gasteiger partial charge in [-0.2, -0.15) is 5.26 Å². The molecule has 1 aromatic carbocycles. The molecular formula is C25H30N6O. The maximum atomic E-state index is 12.9. The van der Waals surface area contributed by atoms with Crippen LogP contribution < -0.4 is 10.2 Å². The van der Waals surface area contributed by atoms with E-state index in [1.807, 2.05) is 4.90 Å². The highest BCUT2D eigenvalue weighted by molar-refractivity contribution is 5.97. The Hall–Kier alpha value is -3.40. The summed E-state index contributed by atoms with van der Waals surface area (Å²) in [5.74, 6) is 0.399. The number of carbonyl (C=O) groups is 1. The van der Waals surface area contributed by atoms with Crippen molar-refractivity contribution in [3.05, 3.63) is 65.1 Å². The smallest absolute Gasteiger partial charge is 0.263 e. The molecule has 1 aliphatic heterocycles. The fourth-order valence-electron chi connectivity index (χ4n) is 4.45. The molecule has 7 nitrogen and oxygen atoms in total. The van der Waals surface area contributed by atoms with Gasteiger partial charge in [-0.1, -0.05) is 25.1 Å². The van der Waals surface area contributed by atoms with Gasteiger partial charge in [0.05, 0.1) is 6.04 Å². The van der Waals surface area contributed by atoms with Crippen LogP contribution in [0.1, 0.15) is 48.9 Å². The van der Waals surface area contributed by atoms with Crippen molar-refractivity contribution >= 4 is 11.9 Å². The average molecular weight is 431 g/mol. The van der Waals surface area contributed by atoms with E-state index in [1.54, 1.807) is 24.7 Å². The molecule has 2 aliphatic rings. The van der Waals surface area contributed by atoms with Crippen LogP contribution in [0, 0.1) is 11.3 Å². The predicted molar refractivity (Wildman–Crippen MR) is 124 cm³/mol. The topological polar surface area (TPSA) is 85.2 Å². The van der Waals surface area contributed by atoms with Crippen LogP contribution in [0.5, 0.6) is 0 Å². The lowest BCUT2D eigenvalue weighted by molar-refractivity contribution is -0.117. The molecule has 0 saturated carbocycles. The van der Waals surface area contributed by atoms with Crippen molar-refractivity contribution in [3.8, 4) is 6.07 Å². The molecule has 0 bridgehead atoms. The molecule has 4 rings (SSSR count). The van der Waals surface area contributed by atoms with Crippen LogP contribution >= 0.6 is 0 Å². The summed E-state index contributed by atoms with van der Waals surface area (Å²) in [4.78, 5) is 25.6. The lowest BCUT2D eigenvalue weighted by Crippen LogP contribution is -2.45. The second-order valence-corrected chi connectivity index (χ2v) is 8.40. The Kier molecular flexibility index (Phi) is 7.00. The van der Waals surface area contributed by atoms with Gasteiger partial charge in [-0.05, 0) is 54.9 Å². The summed E-state index contributed by atoms with van der Waals surface area (Å²) in [6.07, 6.45) is 10.7. The van der Waals surface area contributed by atoms with Gasteiger partial charge in [0.15, 0.2) is 0 Å². The van der Waals surface area contributed by atoms with Crippen molar-refractivity contribution in [1.82, 2.24) is 20.2 Å². The van der Waals surface area contributed by atoms with E-state index in [-0.39, 0.29) is 17.5 Å². The van der Waals surface area contributed by atoms with Crippen LogP contribution in [-0.4, -0.2) is 47.0 Å². The van der Waals surface area contributed by atoms with Gasteiger partial charge in [-0.25, -0.2) is 9.97 Å². The zero-order valence-electron chi connectivity index (χ0n) is 18.6. The second kappa shape index (κ2) is 10.3. The highest BCUT2D eigenvalue weighted by atomic mass is 16.1. The van der Waals surface area contributed by atoms with E-state index in [0.717, 1.165) is 37.9 Å². The summed E-state index contributed by atoms with van der Waals surface area (Å²) < 4.78 is 0. The minimum Gasteiger partial charge on any atom is -0.373 e. The number of rotatable bonds is 6. The molecule has 1 aromatic heterocycles. The second-order valence-electron chi connectivity index (χ2n) is 8.40. The lowest BCUT2D eigenvalue weighted by atomic mass is 9.88. The number of aromatic nitrogens is 2. The number of hydrogen-bond acceptors (Lipinski definition) is 6. The number of benzene rings is 1. The summed E-state index contributed by atoms with van der Waals surface area (Å²) in [6, 6.07) is 10.4. The minimum absolute atomic E-state index is 0.0986. The Morgan fingerprint density at radius 1 is 1.16 bits per heavy atom. The molecule has 2 aromatic rings. The molecule has 1 unspecified atom stereocenters. The van der Waals surface area contributed by atoms with Crippen molar-refractivity contribution in [2.24, 2.45) is 0 Å². The van der Waals surface area contributed by atoms with Gasteiger partial charge in [-0.15, -0.1) is 0 Å². The molecule has 1 atom stereocenters. The highest BCUT2D eigenvalue weighted by Gasteiger charge is 2.21. The van der Waals surface area contributed by atoms with E-state index in [1.165, 1.54) is 24.0 Å². The number of aryl methyl sites for hydroxylation is 2. The molecule has 0 spiro atoms. The molecule has 1 fully saturated rings. The summed E-state index contributed by atoms with van der Waals surface area (Å²) in [5.41, 5.74) is 4.10. The van der Waals surface area contributed by atoms with Crippen LogP contribution in [0.2, 0.25) is 0 Å². The molecule has 166 valence electrons. The Morgan fingerprint density at radius 3 is 2.56 bits per heavy atom. The molecule has 1 N–H and O–H groups in total. The quantitative estimate of drug-likeness (QED) is 0.560. The zero-order valence-corrected chi connectivity index (χ0v) is 18.6. The largest absolute Gasteiger partial charge is 0.373 e. The van der Waals surface area contributed by atoms with E-state index < -0.39 is 0 Å². The number of amides is 1. The number of carbonyl (C=O) groups excluding carboxylic acids is 1. The monoisotopic (exact) mass is 430 g/mol. The number of anilines is 1. The average Bonchev–Trinajstić information content (AvgIpc) is 2.86. The third kappa shape index (κ3) is 5.08. The van der Waals surface area contributed by atoms with E-state index in [0.29, 0.717) is 19.0 Å². The lowest BCUT2D eigenvalue weighted by Gasteiger charge is -2.34. The molecule has 2 heterocycles. The molecule has 1 amide bonds. The standard InChI is InChI=1S/C25H30N6O/c1-2-23(21-9-8-19-6-3-4-7-20(19)16-21)29-24(32)22(17-26)18-30-12-14-31(15-13-30)25-27-10-5-11-28-25/h5,8-11,16,18,23H,2-4,6-7,12-15H2,1H3,(H,29,32)/b22-18-. The fourth-order valence-corrected chi connectivity index (χ4v) is 4.45. The summed E-state index contributed by atoms with van der Waals surface area (Å²) in [5, 5.41) is 12.7. The van der Waals surface area contributed by atoms with Crippen LogP contribution in [0.4, 0.5) is 5.95 Å². The van der Waals surface area contributed by atoms with Crippen molar-refractivity contribution in [2.45, 2.75) is 45.1 Å². The first-order chi connectivity index (χ1) is 15.7. The Bertz CT molecular complexity index is 1000. The normalized spacial score (nSPS) is 17.3. The van der Waals surface area contributed by atoms with Crippen LogP contribution in [0.3, 0.4) is 0 Å². The third-order valence-corrected chi connectivity index (χ3v) is 6.31. The van der Waals surface area contributed by atoms with Crippen LogP contribution in [0.25, 0.3) is 0 Å². The summed E-state index contributed by atoms with van der Waals surface area (Å²) >= 11 is 0. The maximum absolute atomic E-state index is 12.9. The van der Waals surface area contributed by atoms with E-state index in [2.05, 4.69) is 51.4 Å². The Balaban J connectivity index is 1.39. The number of nitriles is 1. The number of piperazine rings is 1. The van der Waals surface area contributed by atoms with Gasteiger partial charge in [-0.3, -0.25) is 4.79 Å².